The molecule has 0 fully saturated rings. The first kappa shape index (κ1) is 21.3. The van der Waals surface area contributed by atoms with Crippen LogP contribution in [0.4, 0.5) is 10.8 Å². The molecule has 0 radical (unpaired) electrons. The molecule has 2 aliphatic heterocycles. The van der Waals surface area contributed by atoms with Crippen molar-refractivity contribution < 1.29 is 14.3 Å². The van der Waals surface area contributed by atoms with E-state index in [1.807, 2.05) is 19.9 Å². The fourth-order valence-corrected chi connectivity index (χ4v) is 5.61. The molecule has 31 heavy (non-hydrogen) atoms. The summed E-state index contributed by atoms with van der Waals surface area (Å²) in [7, 11) is 3.28. The van der Waals surface area contributed by atoms with Crippen LogP contribution < -0.4 is 9.80 Å². The zero-order valence-electron chi connectivity index (χ0n) is 18.2. The zero-order valence-corrected chi connectivity index (χ0v) is 19.0. The second kappa shape index (κ2) is 8.29. The van der Waals surface area contributed by atoms with Gasteiger partial charge in [-0.2, -0.15) is 5.26 Å². The first-order chi connectivity index (χ1) is 14.8. The van der Waals surface area contributed by atoms with E-state index in [4.69, 9.17) is 4.74 Å². The molecule has 162 valence electrons. The number of aromatic nitrogens is 1. The minimum atomic E-state index is -0.0996. The smallest absolute Gasteiger partial charge is 0.257 e. The highest BCUT2D eigenvalue weighted by molar-refractivity contribution is 7.17. The van der Waals surface area contributed by atoms with Crippen molar-refractivity contribution in [2.75, 3.05) is 50.2 Å². The van der Waals surface area contributed by atoms with Crippen LogP contribution in [0.5, 0.6) is 0 Å². The van der Waals surface area contributed by atoms with Crippen LogP contribution in [0.25, 0.3) is 0 Å². The molecule has 2 aromatic rings. The monoisotopic (exact) mass is 439 g/mol. The lowest BCUT2D eigenvalue weighted by Gasteiger charge is -2.29. The van der Waals surface area contributed by atoms with Crippen molar-refractivity contribution in [3.05, 3.63) is 38.9 Å². The predicted octanol–water partition coefficient (Wildman–Crippen LogP) is 2.26. The molecule has 0 aromatic carbocycles. The van der Waals surface area contributed by atoms with Crippen molar-refractivity contribution in [1.82, 2.24) is 9.88 Å². The van der Waals surface area contributed by atoms with E-state index in [0.717, 1.165) is 39.1 Å². The van der Waals surface area contributed by atoms with Gasteiger partial charge in [-0.3, -0.25) is 14.5 Å². The highest BCUT2D eigenvalue weighted by Crippen LogP contribution is 2.42. The van der Waals surface area contributed by atoms with Gasteiger partial charge in [0.1, 0.15) is 23.4 Å². The number of carbonyl (C=O) groups excluding carboxylic acids is 2. The molecule has 0 saturated heterocycles. The number of likely N-dealkylation sites (N-methyl/N-ethyl adjacent to an activating group) is 1. The summed E-state index contributed by atoms with van der Waals surface area (Å²) in [4.78, 5) is 37.0. The number of methoxy groups -OCH3 is 1. The fraction of sp³-hybridized carbons (Fsp3) is 0.455. The number of anilines is 2. The number of fused-ring (bicyclic) bond motifs is 3. The van der Waals surface area contributed by atoms with Crippen molar-refractivity contribution in [3.8, 4) is 6.07 Å². The van der Waals surface area contributed by atoms with Crippen molar-refractivity contribution in [2.45, 2.75) is 26.8 Å². The van der Waals surface area contributed by atoms with Crippen molar-refractivity contribution in [2.24, 2.45) is 0 Å². The third-order valence-corrected chi connectivity index (χ3v) is 7.10. The van der Waals surface area contributed by atoms with Gasteiger partial charge in [0.15, 0.2) is 0 Å². The number of pyridine rings is 1. The van der Waals surface area contributed by atoms with Gasteiger partial charge in [-0.05, 0) is 37.5 Å². The third kappa shape index (κ3) is 3.66. The van der Waals surface area contributed by atoms with Crippen molar-refractivity contribution in [1.29, 1.82) is 5.26 Å². The minimum absolute atomic E-state index is 0.0680. The summed E-state index contributed by atoms with van der Waals surface area (Å²) < 4.78 is 5.19. The Morgan fingerprint density at radius 2 is 2.06 bits per heavy atom. The van der Waals surface area contributed by atoms with Crippen LogP contribution >= 0.6 is 11.3 Å². The van der Waals surface area contributed by atoms with Crippen LogP contribution in [-0.2, 0) is 22.5 Å². The number of amides is 2. The molecule has 0 bridgehead atoms. The number of hydrogen-bond donors (Lipinski definition) is 0. The second-order valence-corrected chi connectivity index (χ2v) is 9.01. The molecule has 0 unspecified atom stereocenters. The summed E-state index contributed by atoms with van der Waals surface area (Å²) >= 11 is 1.51. The summed E-state index contributed by atoms with van der Waals surface area (Å²) in [5.74, 6) is 0.638. The van der Waals surface area contributed by atoms with Gasteiger partial charge >= 0.3 is 0 Å². The van der Waals surface area contributed by atoms with Gasteiger partial charge in [0.05, 0.1) is 36.5 Å². The summed E-state index contributed by atoms with van der Waals surface area (Å²) in [6, 6.07) is 4.16. The van der Waals surface area contributed by atoms with E-state index in [9.17, 15) is 14.9 Å². The van der Waals surface area contributed by atoms with Crippen LogP contribution in [0.15, 0.2) is 6.07 Å². The molecule has 4 heterocycles. The van der Waals surface area contributed by atoms with Crippen LogP contribution in [0.1, 0.15) is 37.6 Å². The highest BCUT2D eigenvalue weighted by Gasteiger charge is 2.36. The standard InChI is InChI=1S/C22H25N5O3S/c1-13-9-18(24-14(2)16(13)10-23)26-6-5-15-17(11-26)31-22-20(15)21(29)25(3)12-19(28)27(22)7-8-30-4/h9H,5-8,11-12H2,1-4H3. The summed E-state index contributed by atoms with van der Waals surface area (Å²) in [6.45, 7) is 6.01. The Kier molecular flexibility index (Phi) is 5.69. The van der Waals surface area contributed by atoms with Crippen LogP contribution in [0.2, 0.25) is 0 Å². The molecular weight excluding hydrogens is 414 g/mol. The molecule has 0 aliphatic carbocycles. The molecule has 2 amide bonds. The highest BCUT2D eigenvalue weighted by atomic mass is 32.1. The first-order valence-corrected chi connectivity index (χ1v) is 11.0. The van der Waals surface area contributed by atoms with E-state index < -0.39 is 0 Å². The number of nitrogens with zero attached hydrogens (tertiary/aromatic N) is 5. The Hall–Kier alpha value is -2.96. The van der Waals surface area contributed by atoms with Gasteiger partial charge in [0, 0.05) is 25.6 Å². The molecule has 4 rings (SSSR count). The third-order valence-electron chi connectivity index (χ3n) is 5.86. The van der Waals surface area contributed by atoms with Gasteiger partial charge in [-0.1, -0.05) is 0 Å². The number of thiophene rings is 1. The van der Waals surface area contributed by atoms with E-state index in [2.05, 4.69) is 16.0 Å². The lowest BCUT2D eigenvalue weighted by atomic mass is 10.0. The molecule has 0 N–H and O–H groups in total. The Balaban J connectivity index is 1.72. The van der Waals surface area contributed by atoms with E-state index in [1.165, 1.54) is 16.2 Å². The van der Waals surface area contributed by atoms with E-state index in [1.54, 1.807) is 19.1 Å². The van der Waals surface area contributed by atoms with Crippen LogP contribution in [0, 0.1) is 25.2 Å². The van der Waals surface area contributed by atoms with E-state index >= 15 is 0 Å². The number of rotatable bonds is 4. The van der Waals surface area contributed by atoms with Crippen LogP contribution in [0.3, 0.4) is 0 Å². The van der Waals surface area contributed by atoms with Gasteiger partial charge in [-0.25, -0.2) is 4.98 Å². The minimum Gasteiger partial charge on any atom is -0.383 e. The maximum absolute atomic E-state index is 13.1. The maximum Gasteiger partial charge on any atom is 0.257 e. The second-order valence-electron chi connectivity index (χ2n) is 7.92. The van der Waals surface area contributed by atoms with E-state index in [0.29, 0.717) is 37.2 Å². The van der Waals surface area contributed by atoms with Gasteiger partial charge in [0.2, 0.25) is 5.91 Å². The first-order valence-electron chi connectivity index (χ1n) is 10.2. The quantitative estimate of drug-likeness (QED) is 0.726. The molecule has 8 nitrogen and oxygen atoms in total. The summed E-state index contributed by atoms with van der Waals surface area (Å²) in [6.07, 6.45) is 0.701. The average molecular weight is 440 g/mol. The summed E-state index contributed by atoms with van der Waals surface area (Å²) in [5, 5.41) is 10.0. The van der Waals surface area contributed by atoms with Crippen molar-refractivity contribution >= 4 is 34.0 Å². The maximum atomic E-state index is 13.1. The van der Waals surface area contributed by atoms with Gasteiger partial charge in [-0.15, -0.1) is 11.3 Å². The largest absolute Gasteiger partial charge is 0.383 e. The summed E-state index contributed by atoms with van der Waals surface area (Å²) in [5.41, 5.74) is 3.94. The molecule has 0 spiro atoms. The zero-order chi connectivity index (χ0) is 22.3. The number of hydrogen-bond acceptors (Lipinski definition) is 7. The topological polar surface area (TPSA) is 89.8 Å². The Bertz CT molecular complexity index is 1080. The molecule has 2 aliphatic rings. The number of aryl methyl sites for hydroxylation is 2. The Morgan fingerprint density at radius 1 is 1.29 bits per heavy atom. The molecule has 9 heteroatoms. The van der Waals surface area contributed by atoms with Gasteiger partial charge in [0.25, 0.3) is 5.91 Å². The van der Waals surface area contributed by atoms with E-state index in [-0.39, 0.29) is 18.4 Å². The average Bonchev–Trinajstić information content (AvgIpc) is 3.07. The normalized spacial score (nSPS) is 16.2. The fourth-order valence-electron chi connectivity index (χ4n) is 4.21. The van der Waals surface area contributed by atoms with Crippen molar-refractivity contribution in [3.63, 3.8) is 0 Å². The molecular formula is C22H25N5O3S. The predicted molar refractivity (Wildman–Crippen MR) is 119 cm³/mol. The lowest BCUT2D eigenvalue weighted by Crippen LogP contribution is -2.39. The molecule has 2 aromatic heterocycles. The van der Waals surface area contributed by atoms with Gasteiger partial charge < -0.3 is 14.5 Å². The number of carbonyl (C=O) groups is 2. The molecule has 0 atom stereocenters. The number of ether oxygens (including phenoxy) is 1. The number of nitriles is 1. The SMILES string of the molecule is COCCN1C(=O)CN(C)C(=O)c2c1sc1c2CCN(c2cc(C)c(C#N)c(C)n2)C1. The Morgan fingerprint density at radius 3 is 2.74 bits per heavy atom. The van der Waals surface area contributed by atoms with Crippen LogP contribution in [-0.4, -0.2) is 62.1 Å². The lowest BCUT2D eigenvalue weighted by molar-refractivity contribution is -0.119. The Labute approximate surface area is 185 Å². The molecule has 0 saturated carbocycles.